The van der Waals surface area contributed by atoms with Crippen LogP contribution in [0.5, 0.6) is 0 Å². The molecular weight excluding hydrogens is 401 g/mol. The van der Waals surface area contributed by atoms with Gasteiger partial charge < -0.3 is 19.7 Å². The van der Waals surface area contributed by atoms with Gasteiger partial charge in [0.25, 0.3) is 11.5 Å². The molecular formula is C21H22FN7O2. The second-order valence-electron chi connectivity index (χ2n) is 7.79. The molecule has 4 heterocycles. The van der Waals surface area contributed by atoms with E-state index in [-0.39, 0.29) is 24.1 Å². The maximum absolute atomic E-state index is 13.6. The van der Waals surface area contributed by atoms with E-state index in [0.717, 1.165) is 19.4 Å². The number of aromatic nitrogens is 4. The summed E-state index contributed by atoms with van der Waals surface area (Å²) in [5.74, 6) is 0.630. The number of hydrogen-bond acceptors (Lipinski definition) is 7. The molecule has 2 aromatic heterocycles. The molecule has 1 amide bonds. The van der Waals surface area contributed by atoms with E-state index in [9.17, 15) is 14.0 Å². The van der Waals surface area contributed by atoms with Gasteiger partial charge in [0.05, 0.1) is 17.4 Å². The van der Waals surface area contributed by atoms with Gasteiger partial charge in [-0.25, -0.2) is 14.4 Å². The van der Waals surface area contributed by atoms with E-state index < -0.39 is 6.67 Å². The van der Waals surface area contributed by atoms with E-state index in [1.807, 2.05) is 6.07 Å². The Morgan fingerprint density at radius 2 is 2.13 bits per heavy atom. The van der Waals surface area contributed by atoms with Crippen LogP contribution in [0.15, 0.2) is 35.5 Å². The zero-order valence-electron chi connectivity index (χ0n) is 17.1. The van der Waals surface area contributed by atoms with Gasteiger partial charge in [-0.1, -0.05) is 6.07 Å². The lowest BCUT2D eigenvalue weighted by molar-refractivity contribution is 0.0988. The van der Waals surface area contributed by atoms with Crippen molar-refractivity contribution < 1.29 is 9.18 Å². The minimum absolute atomic E-state index is 0.0796. The molecule has 0 spiro atoms. The first-order valence-corrected chi connectivity index (χ1v) is 10.3. The van der Waals surface area contributed by atoms with Gasteiger partial charge in [-0.05, 0) is 25.0 Å². The van der Waals surface area contributed by atoms with Crippen LogP contribution < -0.4 is 20.7 Å². The Kier molecular flexibility index (Phi) is 4.76. The highest BCUT2D eigenvalue weighted by atomic mass is 19.1. The number of amides is 1. The summed E-state index contributed by atoms with van der Waals surface area (Å²) in [6, 6.07) is 5.39. The van der Waals surface area contributed by atoms with Gasteiger partial charge in [-0.2, -0.15) is 4.98 Å². The number of para-hydroxylation sites is 1. The topological polar surface area (TPSA) is 96.2 Å². The highest BCUT2D eigenvalue weighted by Crippen LogP contribution is 2.35. The first-order chi connectivity index (χ1) is 15.1. The molecule has 0 aliphatic carbocycles. The Morgan fingerprint density at radius 1 is 1.26 bits per heavy atom. The summed E-state index contributed by atoms with van der Waals surface area (Å²) in [6.45, 7) is 0.817. The normalized spacial score (nSPS) is 18.1. The number of fused-ring (bicyclic) bond motifs is 4. The van der Waals surface area contributed by atoms with Gasteiger partial charge in [0.2, 0.25) is 5.95 Å². The molecule has 160 valence electrons. The summed E-state index contributed by atoms with van der Waals surface area (Å²) in [4.78, 5) is 43.2. The predicted octanol–water partition coefficient (Wildman–Crippen LogP) is 1.73. The number of rotatable bonds is 4. The van der Waals surface area contributed by atoms with Gasteiger partial charge in [0, 0.05) is 38.9 Å². The Hall–Kier alpha value is -3.56. The number of nitrogens with one attached hydrogen (secondary N) is 1. The van der Waals surface area contributed by atoms with Gasteiger partial charge >= 0.3 is 0 Å². The molecule has 0 radical (unpaired) electrons. The van der Waals surface area contributed by atoms with E-state index >= 15 is 0 Å². The van der Waals surface area contributed by atoms with Crippen molar-refractivity contribution in [1.29, 1.82) is 0 Å². The van der Waals surface area contributed by atoms with Crippen molar-refractivity contribution >= 4 is 34.3 Å². The molecule has 9 nitrogen and oxygen atoms in total. The molecule has 1 atom stereocenters. The van der Waals surface area contributed by atoms with Crippen LogP contribution in [-0.4, -0.2) is 57.8 Å². The van der Waals surface area contributed by atoms with Crippen LogP contribution in [0.25, 0.3) is 10.9 Å². The highest BCUT2D eigenvalue weighted by Gasteiger charge is 2.38. The number of hydrogen-bond donors (Lipinski definition) is 1. The number of halogens is 1. The largest absolute Gasteiger partial charge is 0.352 e. The summed E-state index contributed by atoms with van der Waals surface area (Å²) < 4.78 is 14.0. The summed E-state index contributed by atoms with van der Waals surface area (Å²) in [7, 11) is 1.65. The SMILES string of the molecule is Cn1cnc2c(N3C[C@@H]4CCCN4c4nc(NCCF)ncc4C3=O)cccc2c1=O. The third-order valence-corrected chi connectivity index (χ3v) is 5.88. The fourth-order valence-electron chi connectivity index (χ4n) is 4.38. The van der Waals surface area contributed by atoms with E-state index in [0.29, 0.717) is 40.5 Å². The van der Waals surface area contributed by atoms with Crippen molar-refractivity contribution in [2.24, 2.45) is 7.05 Å². The number of carbonyl (C=O) groups is 1. The number of aryl methyl sites for hydroxylation is 1. The zero-order chi connectivity index (χ0) is 21.5. The van der Waals surface area contributed by atoms with Crippen molar-refractivity contribution in [1.82, 2.24) is 19.5 Å². The number of carbonyl (C=O) groups excluding carboxylic acids is 1. The molecule has 2 aliphatic heterocycles. The van der Waals surface area contributed by atoms with Crippen molar-refractivity contribution in [2.45, 2.75) is 18.9 Å². The van der Waals surface area contributed by atoms with Crippen LogP contribution in [0.3, 0.4) is 0 Å². The minimum Gasteiger partial charge on any atom is -0.352 e. The van der Waals surface area contributed by atoms with Crippen molar-refractivity contribution in [3.8, 4) is 0 Å². The summed E-state index contributed by atoms with van der Waals surface area (Å²) in [5, 5.41) is 3.31. The van der Waals surface area contributed by atoms with Crippen LogP contribution in [0.1, 0.15) is 23.2 Å². The smallest absolute Gasteiger partial charge is 0.263 e. The number of anilines is 3. The molecule has 0 bridgehead atoms. The van der Waals surface area contributed by atoms with Crippen LogP contribution in [0.2, 0.25) is 0 Å². The molecule has 0 unspecified atom stereocenters. The van der Waals surface area contributed by atoms with Gasteiger partial charge in [0.1, 0.15) is 23.6 Å². The Labute approximate surface area is 177 Å². The molecule has 31 heavy (non-hydrogen) atoms. The molecule has 0 saturated carbocycles. The van der Waals surface area contributed by atoms with E-state index in [1.165, 1.54) is 17.1 Å². The zero-order valence-corrected chi connectivity index (χ0v) is 17.1. The molecule has 1 aromatic carbocycles. The Morgan fingerprint density at radius 3 is 2.97 bits per heavy atom. The van der Waals surface area contributed by atoms with Crippen molar-refractivity contribution in [3.05, 3.63) is 46.6 Å². The van der Waals surface area contributed by atoms with E-state index in [4.69, 9.17) is 0 Å². The lowest BCUT2D eigenvalue weighted by Crippen LogP contribution is -2.40. The van der Waals surface area contributed by atoms with Crippen LogP contribution in [-0.2, 0) is 7.05 Å². The standard InChI is InChI=1S/C21H22FN7O2/c1-27-12-25-17-14(19(27)30)5-2-6-16(17)29-11-13-4-3-9-28(13)18-15(20(29)31)10-24-21(26-18)23-8-7-22/h2,5-6,10,12-13H,3-4,7-9,11H2,1H3,(H,23,24,26)/t13-/m0/s1. The fourth-order valence-corrected chi connectivity index (χ4v) is 4.38. The van der Waals surface area contributed by atoms with Gasteiger partial charge in [-0.15, -0.1) is 0 Å². The molecule has 1 N–H and O–H groups in total. The lowest BCUT2D eigenvalue weighted by Gasteiger charge is -2.27. The average molecular weight is 423 g/mol. The van der Waals surface area contributed by atoms with Crippen molar-refractivity contribution in [3.63, 3.8) is 0 Å². The molecule has 3 aromatic rings. The third-order valence-electron chi connectivity index (χ3n) is 5.88. The molecule has 5 rings (SSSR count). The summed E-state index contributed by atoms with van der Waals surface area (Å²) >= 11 is 0. The maximum Gasteiger partial charge on any atom is 0.263 e. The Balaban J connectivity index is 1.64. The highest BCUT2D eigenvalue weighted by molar-refractivity contribution is 6.13. The molecule has 2 aliphatic rings. The van der Waals surface area contributed by atoms with Crippen LogP contribution >= 0.6 is 0 Å². The average Bonchev–Trinajstić information content (AvgIpc) is 3.22. The third kappa shape index (κ3) is 3.18. The first-order valence-electron chi connectivity index (χ1n) is 10.3. The fraction of sp³-hybridized carbons (Fsp3) is 0.381. The monoisotopic (exact) mass is 423 g/mol. The predicted molar refractivity (Wildman–Crippen MR) is 116 cm³/mol. The molecule has 10 heteroatoms. The number of nitrogens with zero attached hydrogens (tertiary/aromatic N) is 6. The summed E-state index contributed by atoms with van der Waals surface area (Å²) in [5.41, 5.74) is 1.31. The first kappa shape index (κ1) is 19.4. The second kappa shape index (κ2) is 7.60. The van der Waals surface area contributed by atoms with Crippen molar-refractivity contribution in [2.75, 3.05) is 41.4 Å². The Bertz CT molecular complexity index is 1230. The minimum atomic E-state index is -0.535. The van der Waals surface area contributed by atoms with E-state index in [1.54, 1.807) is 24.1 Å². The number of benzene rings is 1. The quantitative estimate of drug-likeness (QED) is 0.683. The van der Waals surface area contributed by atoms with Gasteiger partial charge in [0.15, 0.2) is 0 Å². The van der Waals surface area contributed by atoms with Crippen LogP contribution in [0, 0.1) is 0 Å². The molecule has 1 fully saturated rings. The van der Waals surface area contributed by atoms with E-state index in [2.05, 4.69) is 25.2 Å². The number of alkyl halides is 1. The second-order valence-corrected chi connectivity index (χ2v) is 7.79. The van der Waals surface area contributed by atoms with Gasteiger partial charge in [-0.3, -0.25) is 9.59 Å². The van der Waals surface area contributed by atoms with Crippen LogP contribution in [0.4, 0.5) is 21.8 Å². The summed E-state index contributed by atoms with van der Waals surface area (Å²) in [6.07, 6.45) is 4.87. The lowest BCUT2D eigenvalue weighted by atomic mass is 10.1. The molecule has 1 saturated heterocycles. The maximum atomic E-state index is 13.6.